The quantitative estimate of drug-likeness (QED) is 0.208. The van der Waals surface area contributed by atoms with Crippen LogP contribution in [0.5, 0.6) is 5.75 Å². The van der Waals surface area contributed by atoms with Crippen LogP contribution in [-0.4, -0.2) is 116 Å². The fourth-order valence-corrected chi connectivity index (χ4v) is 4.21. The van der Waals surface area contributed by atoms with Crippen LogP contribution in [-0.2, 0) is 14.3 Å². The second-order valence-electron chi connectivity index (χ2n) is 8.00. The molecule has 0 aliphatic carbocycles. The van der Waals surface area contributed by atoms with Gasteiger partial charge in [-0.15, -0.1) is 0 Å². The Morgan fingerprint density at radius 3 is 2.28 bits per heavy atom. The Bertz CT molecular complexity index is 782. The average molecular weight is 459 g/mol. The first-order chi connectivity index (χ1) is 15.1. The Hall–Kier alpha value is -1.87. The van der Waals surface area contributed by atoms with Crippen molar-refractivity contribution in [2.75, 3.05) is 19.8 Å². The van der Waals surface area contributed by atoms with E-state index in [1.807, 2.05) is 0 Å². The van der Waals surface area contributed by atoms with Gasteiger partial charge in [-0.2, -0.15) is 0 Å². The average Bonchev–Trinajstić information content (AvgIpc) is 2.77. The van der Waals surface area contributed by atoms with Crippen LogP contribution >= 0.6 is 0 Å². The van der Waals surface area contributed by atoms with E-state index in [4.69, 9.17) is 14.2 Å². The van der Waals surface area contributed by atoms with Crippen LogP contribution in [0, 0.1) is 0 Å². The van der Waals surface area contributed by atoms with Gasteiger partial charge in [-0.3, -0.25) is 4.79 Å². The topological polar surface area (TPSA) is 198 Å². The molecule has 3 rings (SSSR count). The molecule has 0 spiro atoms. The highest BCUT2D eigenvalue weighted by Gasteiger charge is 2.71. The molecular weight excluding hydrogens is 430 g/mol. The number of para-hydroxylation sites is 1. The Morgan fingerprint density at radius 2 is 1.72 bits per heavy atom. The molecule has 180 valence electrons. The van der Waals surface area contributed by atoms with E-state index >= 15 is 0 Å². The van der Waals surface area contributed by atoms with Crippen molar-refractivity contribution in [2.24, 2.45) is 0 Å². The number of benzene rings is 1. The largest absolute Gasteiger partial charge is 0.463 e. The predicted molar refractivity (Wildman–Crippen MR) is 105 cm³/mol. The first kappa shape index (κ1) is 24.8. The zero-order chi connectivity index (χ0) is 23.7. The van der Waals surface area contributed by atoms with Gasteiger partial charge in [0.15, 0.2) is 5.60 Å². The van der Waals surface area contributed by atoms with Crippen LogP contribution in [0.2, 0.25) is 0 Å². The van der Waals surface area contributed by atoms with Crippen LogP contribution in [0.15, 0.2) is 30.3 Å². The number of hydrogen-bond acceptors (Lipinski definition) is 11. The van der Waals surface area contributed by atoms with Crippen LogP contribution in [0.1, 0.15) is 6.92 Å². The van der Waals surface area contributed by atoms with E-state index in [-0.39, 0.29) is 5.75 Å². The molecule has 8 N–H and O–H groups in total. The van der Waals surface area contributed by atoms with Crippen LogP contribution in [0.4, 0.5) is 0 Å². The maximum atomic E-state index is 12.0. The Balaban J connectivity index is 2.08. The molecule has 2 aliphatic rings. The van der Waals surface area contributed by atoms with Crippen molar-refractivity contribution in [3.8, 4) is 5.75 Å². The molecule has 12 heteroatoms. The lowest BCUT2D eigenvalue weighted by molar-refractivity contribution is -0.363. The maximum absolute atomic E-state index is 12.0. The Labute approximate surface area is 183 Å². The number of carbonyl (C=O) groups excluding carboxylic acids is 1. The molecule has 2 fully saturated rings. The Morgan fingerprint density at radius 1 is 1.09 bits per heavy atom. The third-order valence-corrected chi connectivity index (χ3v) is 5.98. The number of aliphatic hydroxyl groups is 7. The number of rotatable bonds is 6. The SMILES string of the molecule is CC(=O)N[C@@H]1[C@@H](Oc2ccccc2)O[C@H](CO)[C@H](O)[C@@]1(O)[C@@]1(O)CO[C@H](CO)[C@H](O)[C@@H]1O. The number of amides is 1. The molecule has 1 aromatic carbocycles. The summed E-state index contributed by atoms with van der Waals surface area (Å²) in [6.45, 7) is -1.23. The van der Waals surface area contributed by atoms with Gasteiger partial charge in [0.05, 0.1) is 19.8 Å². The van der Waals surface area contributed by atoms with Crippen molar-refractivity contribution >= 4 is 5.91 Å². The molecule has 0 saturated carbocycles. The van der Waals surface area contributed by atoms with Crippen molar-refractivity contribution in [3.05, 3.63) is 30.3 Å². The summed E-state index contributed by atoms with van der Waals surface area (Å²) in [5.41, 5.74) is -5.62. The number of hydrogen-bond donors (Lipinski definition) is 8. The first-order valence-electron chi connectivity index (χ1n) is 10.1. The monoisotopic (exact) mass is 459 g/mol. The molecule has 2 aliphatic heterocycles. The summed E-state index contributed by atoms with van der Waals surface area (Å²) in [5, 5.41) is 76.4. The lowest BCUT2D eigenvalue weighted by Crippen LogP contribution is -2.85. The second-order valence-corrected chi connectivity index (χ2v) is 8.00. The second kappa shape index (κ2) is 9.55. The van der Waals surface area contributed by atoms with Crippen LogP contribution < -0.4 is 10.1 Å². The highest BCUT2D eigenvalue weighted by molar-refractivity contribution is 5.73. The van der Waals surface area contributed by atoms with Crippen molar-refractivity contribution < 1.29 is 54.8 Å². The minimum absolute atomic E-state index is 0.246. The third-order valence-electron chi connectivity index (χ3n) is 5.98. The predicted octanol–water partition coefficient (Wildman–Crippen LogP) is -3.78. The molecular formula is C20H29NO11. The summed E-state index contributed by atoms with van der Waals surface area (Å²) in [5.74, 6) is -0.451. The van der Waals surface area contributed by atoms with E-state index in [0.717, 1.165) is 6.92 Å². The molecule has 0 bridgehead atoms. The highest BCUT2D eigenvalue weighted by Crippen LogP contribution is 2.43. The molecule has 2 saturated heterocycles. The van der Waals surface area contributed by atoms with Crippen molar-refractivity contribution in [1.82, 2.24) is 5.32 Å². The first-order valence-corrected chi connectivity index (χ1v) is 10.1. The standard InChI is InChI=1S/C20H29NO11/c1-10(24)21-15-18(31-11-5-3-2-4-6-11)32-13(8-23)16(26)20(15,29)19(28)9-30-12(7-22)14(25)17(19)27/h2-6,12-18,22-23,25-29H,7-9H2,1H3,(H,21,24)/t12-,13-,14+,15-,16+,17+,18+,19-,20-/m1/s1. The summed E-state index contributed by atoms with van der Waals surface area (Å²) >= 11 is 0. The van der Waals surface area contributed by atoms with Gasteiger partial charge < -0.3 is 55.3 Å². The number of carbonyl (C=O) groups is 1. The molecule has 0 radical (unpaired) electrons. The van der Waals surface area contributed by atoms with Crippen LogP contribution in [0.3, 0.4) is 0 Å². The van der Waals surface area contributed by atoms with E-state index in [9.17, 15) is 40.5 Å². The van der Waals surface area contributed by atoms with Crippen LogP contribution in [0.25, 0.3) is 0 Å². The summed E-state index contributed by atoms with van der Waals surface area (Å²) in [6, 6.07) is 6.42. The van der Waals surface area contributed by atoms with Gasteiger partial charge in [0.2, 0.25) is 12.2 Å². The molecule has 32 heavy (non-hydrogen) atoms. The minimum atomic E-state index is -2.84. The van der Waals surface area contributed by atoms with Gasteiger partial charge in [-0.05, 0) is 12.1 Å². The lowest BCUT2D eigenvalue weighted by atomic mass is 9.65. The molecule has 2 heterocycles. The third kappa shape index (κ3) is 4.09. The highest BCUT2D eigenvalue weighted by atomic mass is 16.7. The van der Waals surface area contributed by atoms with Crippen molar-refractivity contribution in [3.63, 3.8) is 0 Å². The van der Waals surface area contributed by atoms with Gasteiger partial charge in [0.1, 0.15) is 47.9 Å². The van der Waals surface area contributed by atoms with Crippen molar-refractivity contribution in [1.29, 1.82) is 0 Å². The van der Waals surface area contributed by atoms with Gasteiger partial charge in [0.25, 0.3) is 0 Å². The number of nitrogens with one attached hydrogen (secondary N) is 1. The molecule has 0 aromatic heterocycles. The Kier molecular flexibility index (Phi) is 7.39. The normalized spacial score (nSPS) is 42.3. The van der Waals surface area contributed by atoms with E-state index in [1.54, 1.807) is 30.3 Å². The van der Waals surface area contributed by atoms with Gasteiger partial charge in [0, 0.05) is 6.92 Å². The van der Waals surface area contributed by atoms with Gasteiger partial charge in [-0.1, -0.05) is 18.2 Å². The number of aliphatic hydroxyl groups excluding tert-OH is 5. The lowest BCUT2D eigenvalue weighted by Gasteiger charge is -2.59. The zero-order valence-electron chi connectivity index (χ0n) is 17.3. The summed E-state index contributed by atoms with van der Waals surface area (Å²) in [6.07, 6.45) is -10.4. The zero-order valence-corrected chi connectivity index (χ0v) is 17.3. The molecule has 0 unspecified atom stereocenters. The van der Waals surface area contributed by atoms with E-state index in [0.29, 0.717) is 0 Å². The summed E-state index contributed by atoms with van der Waals surface area (Å²) in [7, 11) is 0. The summed E-state index contributed by atoms with van der Waals surface area (Å²) in [4.78, 5) is 12.0. The minimum Gasteiger partial charge on any atom is -0.463 e. The molecule has 12 nitrogen and oxygen atoms in total. The van der Waals surface area contributed by atoms with E-state index in [1.165, 1.54) is 0 Å². The van der Waals surface area contributed by atoms with E-state index in [2.05, 4.69) is 5.32 Å². The molecule has 9 atom stereocenters. The molecule has 1 aromatic rings. The van der Waals surface area contributed by atoms with E-state index < -0.39 is 79.8 Å². The van der Waals surface area contributed by atoms with Crippen molar-refractivity contribution in [2.45, 2.75) is 61.0 Å². The molecule has 1 amide bonds. The fraction of sp³-hybridized carbons (Fsp3) is 0.650. The number of ether oxygens (including phenoxy) is 3. The van der Waals surface area contributed by atoms with Gasteiger partial charge >= 0.3 is 0 Å². The smallest absolute Gasteiger partial charge is 0.223 e. The summed E-state index contributed by atoms with van der Waals surface area (Å²) < 4.78 is 16.5. The maximum Gasteiger partial charge on any atom is 0.223 e. The fourth-order valence-electron chi connectivity index (χ4n) is 4.21. The van der Waals surface area contributed by atoms with Gasteiger partial charge in [-0.25, -0.2) is 0 Å².